The second-order valence-electron chi connectivity index (χ2n) is 15.6. The van der Waals surface area contributed by atoms with E-state index in [-0.39, 0.29) is 0 Å². The molecule has 0 fully saturated rings. The van der Waals surface area contributed by atoms with Gasteiger partial charge in [0, 0.05) is 9.52 Å². The molecule has 52 heavy (non-hydrogen) atoms. The molecule has 6 aromatic rings. The molecule has 0 N–H and O–H groups in total. The minimum atomic E-state index is -0.826. The Labute approximate surface area is 338 Å². The monoisotopic (exact) mass is 824 g/mol. The molecule has 4 heteroatoms. The van der Waals surface area contributed by atoms with Crippen LogP contribution in [0.2, 0.25) is 13.1 Å². The van der Waals surface area contributed by atoms with Crippen molar-refractivity contribution in [2.45, 2.75) is 94.2 Å². The number of fused-ring (bicyclic) bond motifs is 2. The second-order valence-corrected chi connectivity index (χ2v) is 20.4. The molecule has 0 nitrogen and oxygen atoms in total. The van der Waals surface area contributed by atoms with Crippen LogP contribution in [0, 0.1) is 23.7 Å². The normalized spacial score (nSPS) is 10.9. The average molecular weight is 827 g/mol. The Hall–Kier alpha value is -2.22. The van der Waals surface area contributed by atoms with Gasteiger partial charge in [-0.25, -0.2) is 0 Å². The minimum absolute atomic E-state index is 0.673. The number of benzene rings is 4. The fraction of sp³-hybridized carbons (Fsp3) is 0.375. The Balaban J connectivity index is 0.000000244. The van der Waals surface area contributed by atoms with E-state index in [9.17, 15) is 0 Å². The van der Waals surface area contributed by atoms with Gasteiger partial charge in [-0.05, 0) is 71.6 Å². The van der Waals surface area contributed by atoms with Gasteiger partial charge in [-0.15, -0.1) is 69.1 Å². The van der Waals surface area contributed by atoms with Crippen molar-refractivity contribution >= 4 is 48.1 Å². The quantitative estimate of drug-likeness (QED) is 0.0953. The number of halogens is 2. The Kier molecular flexibility index (Phi) is 19.4. The maximum absolute atomic E-state index is 4.93. The van der Waals surface area contributed by atoms with E-state index in [1.54, 1.807) is 0 Å². The third kappa shape index (κ3) is 13.6. The molecular formula is C48H60Cl2SiZr. The van der Waals surface area contributed by atoms with Crippen molar-refractivity contribution in [3.8, 4) is 22.3 Å². The van der Waals surface area contributed by atoms with Crippen molar-refractivity contribution < 1.29 is 20.8 Å². The van der Waals surface area contributed by atoms with Crippen molar-refractivity contribution in [1.82, 2.24) is 0 Å². The summed E-state index contributed by atoms with van der Waals surface area (Å²) in [4.78, 5) is 0. The summed E-state index contributed by atoms with van der Waals surface area (Å²) in [5, 5.41) is 5.55. The summed E-state index contributed by atoms with van der Waals surface area (Å²) in [5.74, 6) is 2.74. The molecule has 6 rings (SSSR count). The Bertz CT molecular complexity index is 1770. The molecule has 0 unspecified atom stereocenters. The van der Waals surface area contributed by atoms with E-state index >= 15 is 0 Å². The first kappa shape index (κ1) is 44.2. The summed E-state index contributed by atoms with van der Waals surface area (Å²) >= 11 is -0.826. The first-order chi connectivity index (χ1) is 24.9. The van der Waals surface area contributed by atoms with E-state index in [1.165, 1.54) is 66.1 Å². The molecule has 0 spiro atoms. The zero-order chi connectivity index (χ0) is 38.2. The molecule has 6 aromatic carbocycles. The van der Waals surface area contributed by atoms with Crippen LogP contribution in [0.3, 0.4) is 0 Å². The summed E-state index contributed by atoms with van der Waals surface area (Å²) in [6, 6.07) is 40.7. The number of rotatable bonds is 10. The van der Waals surface area contributed by atoms with Crippen molar-refractivity contribution in [3.05, 3.63) is 131 Å². The Morgan fingerprint density at radius 1 is 0.481 bits per heavy atom. The molecule has 0 atom stereocenters. The number of hydrogen-bond acceptors (Lipinski definition) is 0. The van der Waals surface area contributed by atoms with Gasteiger partial charge in [-0.2, -0.15) is 12.1 Å². The molecule has 0 aliphatic heterocycles. The van der Waals surface area contributed by atoms with Gasteiger partial charge in [-0.3, -0.25) is 0 Å². The van der Waals surface area contributed by atoms with E-state index < -0.39 is 20.8 Å². The van der Waals surface area contributed by atoms with Gasteiger partial charge in [0.25, 0.3) is 0 Å². The van der Waals surface area contributed by atoms with Crippen LogP contribution in [0.25, 0.3) is 43.8 Å². The van der Waals surface area contributed by atoms with Gasteiger partial charge in [0.1, 0.15) is 0 Å². The molecule has 0 bridgehead atoms. The Morgan fingerprint density at radius 3 is 1.12 bits per heavy atom. The van der Waals surface area contributed by atoms with E-state index in [2.05, 4.69) is 178 Å². The van der Waals surface area contributed by atoms with Gasteiger partial charge < -0.3 is 0 Å². The van der Waals surface area contributed by atoms with E-state index in [0.29, 0.717) is 23.7 Å². The molecular weight excluding hydrogens is 767 g/mol. The predicted octanol–water partition coefficient (Wildman–Crippen LogP) is 15.4. The van der Waals surface area contributed by atoms with E-state index in [4.69, 9.17) is 17.0 Å². The van der Waals surface area contributed by atoms with Crippen LogP contribution >= 0.6 is 17.0 Å². The van der Waals surface area contributed by atoms with Crippen LogP contribution < -0.4 is 0 Å². The molecule has 0 aliphatic carbocycles. The summed E-state index contributed by atoms with van der Waals surface area (Å²) in [7, 11) is 11.0. The predicted molar refractivity (Wildman–Crippen MR) is 233 cm³/mol. The standard InChI is InChI=1S/2C23H27.C2H6Si.2ClH.Zr/c2*1-16(2)12-18-14-20-9-7-11-22(23(20)15-18)21-10-6-5-8-19(21)13-17(3)4;1-3-2;;;/h2*5-11,14-17H,12-13H2,1-4H3;1-2H3;2*1H;/q2*-1;;;;+4/p-2. The Morgan fingerprint density at radius 2 is 0.788 bits per heavy atom. The third-order valence-electron chi connectivity index (χ3n) is 8.78. The van der Waals surface area contributed by atoms with Gasteiger partial charge in [-0.1, -0.05) is 140 Å². The SMILES string of the molecule is CC(C)Cc1cc2c(-c3ccccc3CC(C)C)cccc2[cH-]1.CC(C)Cc1cc2c(-c3ccccc3CC(C)C)cccc2[cH-]1.C[Si]C.[Cl][Zr+2][Cl]. The number of hydrogen-bond donors (Lipinski definition) is 0. The van der Waals surface area contributed by atoms with Crippen LogP contribution in [0.1, 0.15) is 77.6 Å². The maximum atomic E-state index is 4.93. The van der Waals surface area contributed by atoms with Gasteiger partial charge in [0.15, 0.2) is 0 Å². The van der Waals surface area contributed by atoms with Gasteiger partial charge >= 0.3 is 37.9 Å². The van der Waals surface area contributed by atoms with Crippen molar-refractivity contribution in [3.63, 3.8) is 0 Å². The molecule has 0 saturated heterocycles. The van der Waals surface area contributed by atoms with E-state index in [0.717, 1.165) is 35.2 Å². The van der Waals surface area contributed by atoms with Crippen LogP contribution in [0.15, 0.2) is 109 Å². The summed E-state index contributed by atoms with van der Waals surface area (Å²) in [6.45, 7) is 22.6. The van der Waals surface area contributed by atoms with Crippen molar-refractivity contribution in [1.29, 1.82) is 0 Å². The summed E-state index contributed by atoms with van der Waals surface area (Å²) in [5.41, 5.74) is 11.4. The van der Waals surface area contributed by atoms with Crippen LogP contribution in [0.4, 0.5) is 0 Å². The molecule has 0 aromatic heterocycles. The first-order valence-electron chi connectivity index (χ1n) is 19.0. The molecule has 2 radical (unpaired) electrons. The van der Waals surface area contributed by atoms with Crippen molar-refractivity contribution in [2.24, 2.45) is 23.7 Å². The van der Waals surface area contributed by atoms with Gasteiger partial charge in [0.2, 0.25) is 0 Å². The van der Waals surface area contributed by atoms with Crippen LogP contribution in [-0.4, -0.2) is 9.52 Å². The third-order valence-corrected chi connectivity index (χ3v) is 8.78. The van der Waals surface area contributed by atoms with Crippen LogP contribution in [-0.2, 0) is 46.5 Å². The fourth-order valence-electron chi connectivity index (χ4n) is 7.04. The summed E-state index contributed by atoms with van der Waals surface area (Å²) in [6.07, 6.45) is 4.57. The van der Waals surface area contributed by atoms with E-state index in [1.807, 2.05) is 0 Å². The zero-order valence-electron chi connectivity index (χ0n) is 33.3. The summed E-state index contributed by atoms with van der Waals surface area (Å²) < 4.78 is 0. The fourth-order valence-corrected chi connectivity index (χ4v) is 7.04. The topological polar surface area (TPSA) is 0 Å². The average Bonchev–Trinajstić information content (AvgIpc) is 3.68. The molecule has 0 saturated carbocycles. The van der Waals surface area contributed by atoms with Gasteiger partial charge in [0.05, 0.1) is 0 Å². The van der Waals surface area contributed by atoms with Crippen molar-refractivity contribution in [2.75, 3.05) is 0 Å². The second kappa shape index (κ2) is 22.9. The first-order valence-corrected chi connectivity index (χ1v) is 27.3. The molecule has 0 heterocycles. The molecule has 274 valence electrons. The zero-order valence-corrected chi connectivity index (χ0v) is 38.3. The molecule has 0 aliphatic rings. The molecule has 0 amide bonds. The van der Waals surface area contributed by atoms with Crippen LogP contribution in [0.5, 0.6) is 0 Å².